The van der Waals surface area contributed by atoms with Crippen molar-refractivity contribution in [1.29, 1.82) is 0 Å². The summed E-state index contributed by atoms with van der Waals surface area (Å²) in [5.41, 5.74) is 5.81. The number of aromatic nitrogens is 1. The number of pyridine rings is 1. The van der Waals surface area contributed by atoms with Crippen LogP contribution in [0.2, 0.25) is 0 Å². The van der Waals surface area contributed by atoms with Crippen molar-refractivity contribution in [1.82, 2.24) is 4.98 Å². The van der Waals surface area contributed by atoms with Gasteiger partial charge in [-0.2, -0.15) is 0 Å². The summed E-state index contributed by atoms with van der Waals surface area (Å²) in [5, 5.41) is 5.26. The van der Waals surface area contributed by atoms with Crippen LogP contribution in [0, 0.1) is 0 Å². The Morgan fingerprint density at radius 1 is 0.774 bits per heavy atom. The SMILES string of the molecule is CC1(C)CCC(C)(C)c2c1ccc1c2sc2cc3ccnc(-c4ccccc4)c3cc21. The van der Waals surface area contributed by atoms with Gasteiger partial charge in [-0.15, -0.1) is 11.3 Å². The molecule has 0 atom stereocenters. The quantitative estimate of drug-likeness (QED) is 0.264. The highest BCUT2D eigenvalue weighted by Gasteiger charge is 2.38. The molecule has 0 unspecified atom stereocenters. The molecule has 0 N–H and O–H groups in total. The fourth-order valence-corrected chi connectivity index (χ4v) is 6.91. The maximum atomic E-state index is 4.76. The monoisotopic (exact) mass is 421 g/mol. The summed E-state index contributed by atoms with van der Waals surface area (Å²) in [6, 6.07) is 22.2. The summed E-state index contributed by atoms with van der Waals surface area (Å²) >= 11 is 1.98. The average molecular weight is 422 g/mol. The van der Waals surface area contributed by atoms with E-state index in [-0.39, 0.29) is 10.8 Å². The first-order chi connectivity index (χ1) is 14.9. The van der Waals surface area contributed by atoms with Crippen LogP contribution in [0.1, 0.15) is 51.7 Å². The average Bonchev–Trinajstić information content (AvgIpc) is 3.12. The van der Waals surface area contributed by atoms with Gasteiger partial charge in [-0.3, -0.25) is 4.98 Å². The number of rotatable bonds is 1. The lowest BCUT2D eigenvalue weighted by Crippen LogP contribution is -2.33. The number of benzene rings is 3. The molecule has 0 saturated heterocycles. The zero-order valence-electron chi connectivity index (χ0n) is 18.6. The second-order valence-electron chi connectivity index (χ2n) is 10.3. The molecule has 1 nitrogen and oxygen atoms in total. The van der Waals surface area contributed by atoms with E-state index in [1.54, 1.807) is 11.1 Å². The maximum Gasteiger partial charge on any atom is 0.0780 e. The lowest BCUT2D eigenvalue weighted by Gasteiger charge is -2.42. The van der Waals surface area contributed by atoms with Gasteiger partial charge in [0.1, 0.15) is 0 Å². The Morgan fingerprint density at radius 2 is 1.55 bits per heavy atom. The van der Waals surface area contributed by atoms with E-state index < -0.39 is 0 Å². The van der Waals surface area contributed by atoms with Gasteiger partial charge >= 0.3 is 0 Å². The largest absolute Gasteiger partial charge is 0.256 e. The predicted octanol–water partition coefficient (Wildman–Crippen LogP) is 8.62. The van der Waals surface area contributed by atoms with Crippen LogP contribution in [-0.4, -0.2) is 4.98 Å². The molecular weight excluding hydrogens is 394 g/mol. The van der Waals surface area contributed by atoms with Crippen molar-refractivity contribution in [3.05, 3.63) is 78.0 Å². The molecule has 0 amide bonds. The van der Waals surface area contributed by atoms with Crippen molar-refractivity contribution in [2.24, 2.45) is 0 Å². The summed E-state index contributed by atoms with van der Waals surface area (Å²) < 4.78 is 2.86. The maximum absolute atomic E-state index is 4.76. The Balaban J connectivity index is 1.70. The van der Waals surface area contributed by atoms with Crippen molar-refractivity contribution < 1.29 is 0 Å². The number of hydrogen-bond acceptors (Lipinski definition) is 2. The van der Waals surface area contributed by atoms with Gasteiger partial charge in [0.15, 0.2) is 0 Å². The summed E-state index contributed by atoms with van der Waals surface area (Å²) in [7, 11) is 0. The van der Waals surface area contributed by atoms with Gasteiger partial charge in [0, 0.05) is 37.3 Å². The standard InChI is InChI=1S/C29H27NS/c1-28(2)13-14-29(3,4)25-23(28)11-10-20-22-17-21-19(16-24(22)31-27(20)25)12-15-30-26(21)18-8-6-5-7-9-18/h5-12,15-17H,13-14H2,1-4H3. The van der Waals surface area contributed by atoms with Crippen molar-refractivity contribution in [2.45, 2.75) is 51.4 Å². The van der Waals surface area contributed by atoms with Crippen LogP contribution in [0.15, 0.2) is 66.9 Å². The topological polar surface area (TPSA) is 12.9 Å². The van der Waals surface area contributed by atoms with Crippen LogP contribution in [0.25, 0.3) is 42.2 Å². The molecule has 3 aromatic carbocycles. The molecule has 5 aromatic rings. The molecular formula is C29H27NS. The van der Waals surface area contributed by atoms with E-state index in [2.05, 4.69) is 88.4 Å². The minimum atomic E-state index is 0.210. The van der Waals surface area contributed by atoms with Crippen LogP contribution in [-0.2, 0) is 10.8 Å². The zero-order valence-corrected chi connectivity index (χ0v) is 19.4. The highest BCUT2D eigenvalue weighted by molar-refractivity contribution is 7.26. The summed E-state index contributed by atoms with van der Waals surface area (Å²) in [6.45, 7) is 9.68. The van der Waals surface area contributed by atoms with Gasteiger partial charge in [-0.25, -0.2) is 0 Å². The normalized spacial score (nSPS) is 17.3. The van der Waals surface area contributed by atoms with Crippen LogP contribution >= 0.6 is 11.3 Å². The van der Waals surface area contributed by atoms with Gasteiger partial charge in [0.2, 0.25) is 0 Å². The molecule has 0 fully saturated rings. The number of hydrogen-bond donors (Lipinski definition) is 0. The van der Waals surface area contributed by atoms with E-state index in [9.17, 15) is 0 Å². The Kier molecular flexibility index (Phi) is 3.92. The lowest BCUT2D eigenvalue weighted by atomic mass is 9.63. The van der Waals surface area contributed by atoms with E-state index in [1.165, 1.54) is 49.3 Å². The van der Waals surface area contributed by atoms with Crippen LogP contribution in [0.3, 0.4) is 0 Å². The molecule has 0 bridgehead atoms. The number of thiophene rings is 1. The summed E-state index contributed by atoms with van der Waals surface area (Å²) in [4.78, 5) is 4.76. The fraction of sp³-hybridized carbons (Fsp3) is 0.276. The fourth-order valence-electron chi connectivity index (χ4n) is 5.45. The second kappa shape index (κ2) is 6.40. The molecule has 0 saturated carbocycles. The summed E-state index contributed by atoms with van der Waals surface area (Å²) in [5.74, 6) is 0. The third kappa shape index (κ3) is 2.78. The molecule has 154 valence electrons. The van der Waals surface area contributed by atoms with Gasteiger partial charge in [-0.1, -0.05) is 70.2 Å². The van der Waals surface area contributed by atoms with Gasteiger partial charge < -0.3 is 0 Å². The van der Waals surface area contributed by atoms with E-state index in [1.807, 2.05) is 17.5 Å². The minimum absolute atomic E-state index is 0.210. The zero-order chi connectivity index (χ0) is 21.4. The van der Waals surface area contributed by atoms with Crippen molar-refractivity contribution in [2.75, 3.05) is 0 Å². The first kappa shape index (κ1) is 19.0. The third-order valence-electron chi connectivity index (χ3n) is 7.35. The first-order valence-corrected chi connectivity index (χ1v) is 12.0. The molecule has 2 aromatic heterocycles. The highest BCUT2D eigenvalue weighted by Crippen LogP contribution is 2.51. The lowest BCUT2D eigenvalue weighted by molar-refractivity contribution is 0.335. The molecule has 2 heteroatoms. The van der Waals surface area contributed by atoms with Crippen molar-refractivity contribution >= 4 is 42.3 Å². The van der Waals surface area contributed by atoms with Gasteiger partial charge in [0.25, 0.3) is 0 Å². The molecule has 1 aliphatic rings. The number of fused-ring (bicyclic) bond motifs is 6. The Bertz CT molecular complexity index is 1470. The second-order valence-corrected chi connectivity index (χ2v) is 11.4. The van der Waals surface area contributed by atoms with Crippen molar-refractivity contribution in [3.63, 3.8) is 0 Å². The molecule has 0 aliphatic heterocycles. The smallest absolute Gasteiger partial charge is 0.0780 e. The minimum Gasteiger partial charge on any atom is -0.256 e. The van der Waals surface area contributed by atoms with Gasteiger partial charge in [-0.05, 0) is 58.4 Å². The van der Waals surface area contributed by atoms with Crippen LogP contribution in [0.5, 0.6) is 0 Å². The van der Waals surface area contributed by atoms with Crippen LogP contribution in [0.4, 0.5) is 0 Å². The Morgan fingerprint density at radius 3 is 2.35 bits per heavy atom. The molecule has 2 heterocycles. The summed E-state index contributed by atoms with van der Waals surface area (Å²) in [6.07, 6.45) is 4.43. The molecule has 0 spiro atoms. The van der Waals surface area contributed by atoms with Crippen LogP contribution < -0.4 is 0 Å². The third-order valence-corrected chi connectivity index (χ3v) is 8.54. The predicted molar refractivity (Wildman–Crippen MR) is 135 cm³/mol. The van der Waals surface area contributed by atoms with Gasteiger partial charge in [0.05, 0.1) is 5.69 Å². The Labute approximate surface area is 187 Å². The molecule has 6 rings (SSSR count). The first-order valence-electron chi connectivity index (χ1n) is 11.2. The molecule has 0 radical (unpaired) electrons. The van der Waals surface area contributed by atoms with E-state index in [0.717, 1.165) is 5.69 Å². The molecule has 31 heavy (non-hydrogen) atoms. The highest BCUT2D eigenvalue weighted by atomic mass is 32.1. The number of nitrogens with zero attached hydrogens (tertiary/aromatic N) is 1. The molecule has 1 aliphatic carbocycles. The van der Waals surface area contributed by atoms with E-state index in [4.69, 9.17) is 4.98 Å². The van der Waals surface area contributed by atoms with Crippen molar-refractivity contribution in [3.8, 4) is 11.3 Å². The Hall–Kier alpha value is -2.71. The van der Waals surface area contributed by atoms with E-state index in [0.29, 0.717) is 0 Å². The van der Waals surface area contributed by atoms with E-state index >= 15 is 0 Å².